The zero-order chi connectivity index (χ0) is 16.8. The molecule has 0 unspecified atom stereocenters. The molecule has 1 saturated carbocycles. The van der Waals surface area contributed by atoms with Gasteiger partial charge in [0.1, 0.15) is 0 Å². The molecule has 0 bridgehead atoms. The highest BCUT2D eigenvalue weighted by atomic mass is 32.2. The summed E-state index contributed by atoms with van der Waals surface area (Å²) in [5.74, 6) is 1.36. The minimum atomic E-state index is -0.102. The van der Waals surface area contributed by atoms with Crippen molar-refractivity contribution >= 4 is 39.7 Å². The summed E-state index contributed by atoms with van der Waals surface area (Å²) in [5.41, 5.74) is 1.58. The molecule has 0 saturated heterocycles. The number of anilines is 1. The van der Waals surface area contributed by atoms with Crippen molar-refractivity contribution < 1.29 is 4.79 Å². The van der Waals surface area contributed by atoms with Gasteiger partial charge in [-0.05, 0) is 36.6 Å². The molecular weight excluding hydrogens is 338 g/mol. The molecule has 1 aliphatic carbocycles. The van der Waals surface area contributed by atoms with Gasteiger partial charge in [-0.1, -0.05) is 25.8 Å². The van der Waals surface area contributed by atoms with Crippen LogP contribution in [0.15, 0.2) is 41.0 Å². The highest BCUT2D eigenvalue weighted by molar-refractivity contribution is 7.99. The fourth-order valence-corrected chi connectivity index (χ4v) is 4.00. The van der Waals surface area contributed by atoms with Crippen LogP contribution in [0, 0.1) is 5.92 Å². The smallest absolute Gasteiger partial charge is 0.257 e. The largest absolute Gasteiger partial charge is 0.298 e. The number of aromatic nitrogens is 2. The lowest BCUT2D eigenvalue weighted by molar-refractivity contribution is -0.111. The summed E-state index contributed by atoms with van der Waals surface area (Å²) in [4.78, 5) is 21.4. The number of hydrogen-bond donors (Lipinski definition) is 1. The van der Waals surface area contributed by atoms with E-state index in [4.69, 9.17) is 0 Å². The van der Waals surface area contributed by atoms with Crippen molar-refractivity contribution in [3.63, 3.8) is 0 Å². The lowest BCUT2D eigenvalue weighted by Crippen LogP contribution is -2.14. The van der Waals surface area contributed by atoms with Crippen molar-refractivity contribution in [2.24, 2.45) is 5.92 Å². The third-order valence-corrected chi connectivity index (χ3v) is 5.55. The molecule has 1 fully saturated rings. The zero-order valence-electron chi connectivity index (χ0n) is 13.7. The van der Waals surface area contributed by atoms with Crippen LogP contribution in [0.25, 0.3) is 5.57 Å². The number of nitrogens with one attached hydrogen (secondary N) is 1. The minimum absolute atomic E-state index is 0.102. The Bertz CT molecular complexity index is 690. The second kappa shape index (κ2) is 8.44. The molecule has 0 aliphatic heterocycles. The zero-order valence-corrected chi connectivity index (χ0v) is 15.3. The van der Waals surface area contributed by atoms with Gasteiger partial charge in [-0.25, -0.2) is 9.97 Å². The SMILES string of the molecule is CCSc1ccc(/C(=C\C2CCCC2)C(=O)Nc2nccs2)cn1. The molecule has 6 heteroatoms. The van der Waals surface area contributed by atoms with Gasteiger partial charge in [0, 0.05) is 28.9 Å². The molecule has 24 heavy (non-hydrogen) atoms. The number of thiazole rings is 1. The van der Waals surface area contributed by atoms with Crippen LogP contribution in [-0.2, 0) is 4.79 Å². The Labute approximate surface area is 150 Å². The van der Waals surface area contributed by atoms with E-state index in [9.17, 15) is 4.79 Å². The number of rotatable bonds is 6. The summed E-state index contributed by atoms with van der Waals surface area (Å²) in [6.07, 6.45) is 10.4. The molecule has 126 valence electrons. The van der Waals surface area contributed by atoms with Crippen molar-refractivity contribution in [1.29, 1.82) is 0 Å². The van der Waals surface area contributed by atoms with E-state index < -0.39 is 0 Å². The molecule has 1 N–H and O–H groups in total. The van der Waals surface area contributed by atoms with Crippen LogP contribution >= 0.6 is 23.1 Å². The standard InChI is InChI=1S/C18H21N3OS2/c1-2-23-16-8-7-14(12-20-16)15(11-13-5-3-4-6-13)17(22)21-18-19-9-10-24-18/h7-13H,2-6H2,1H3,(H,19,21,22)/b15-11+. The molecule has 3 rings (SSSR count). The Kier molecular flexibility index (Phi) is 6.04. The maximum Gasteiger partial charge on any atom is 0.257 e. The van der Waals surface area contributed by atoms with E-state index in [1.54, 1.807) is 24.2 Å². The van der Waals surface area contributed by atoms with Crippen LogP contribution in [-0.4, -0.2) is 21.6 Å². The lowest BCUT2D eigenvalue weighted by atomic mass is 9.99. The van der Waals surface area contributed by atoms with E-state index >= 15 is 0 Å². The Hall–Kier alpha value is -1.66. The maximum absolute atomic E-state index is 12.8. The second-order valence-corrected chi connectivity index (χ2v) is 7.91. The van der Waals surface area contributed by atoms with E-state index in [1.165, 1.54) is 24.2 Å². The number of thioether (sulfide) groups is 1. The topological polar surface area (TPSA) is 54.9 Å². The average Bonchev–Trinajstić information content (AvgIpc) is 3.27. The molecule has 1 amide bonds. The number of nitrogens with zero attached hydrogens (tertiary/aromatic N) is 2. The quantitative estimate of drug-likeness (QED) is 0.591. The fraction of sp³-hybridized carbons (Fsp3) is 0.389. The predicted molar refractivity (Wildman–Crippen MR) is 101 cm³/mol. The first-order chi connectivity index (χ1) is 11.8. The highest BCUT2D eigenvalue weighted by Gasteiger charge is 2.19. The van der Waals surface area contributed by atoms with E-state index in [1.807, 2.05) is 17.5 Å². The molecule has 0 spiro atoms. The first kappa shape index (κ1) is 17.2. The molecule has 2 aromatic rings. The number of carbonyl (C=O) groups is 1. The lowest BCUT2D eigenvalue weighted by Gasteiger charge is -2.11. The van der Waals surface area contributed by atoms with Crippen molar-refractivity contribution in [2.75, 3.05) is 11.1 Å². The van der Waals surface area contributed by atoms with E-state index in [-0.39, 0.29) is 5.91 Å². The first-order valence-corrected chi connectivity index (χ1v) is 10.1. The van der Waals surface area contributed by atoms with Crippen molar-refractivity contribution in [2.45, 2.75) is 37.6 Å². The van der Waals surface area contributed by atoms with Crippen molar-refractivity contribution in [1.82, 2.24) is 9.97 Å². The molecule has 1 aliphatic rings. The second-order valence-electron chi connectivity index (χ2n) is 5.73. The van der Waals surface area contributed by atoms with Crippen molar-refractivity contribution in [3.05, 3.63) is 41.5 Å². The van der Waals surface area contributed by atoms with Gasteiger partial charge < -0.3 is 0 Å². The number of hydrogen-bond acceptors (Lipinski definition) is 5. The molecule has 2 heterocycles. The van der Waals surface area contributed by atoms with E-state index in [0.29, 0.717) is 16.6 Å². The van der Waals surface area contributed by atoms with Crippen LogP contribution in [0.3, 0.4) is 0 Å². The first-order valence-electron chi connectivity index (χ1n) is 8.28. The van der Waals surface area contributed by atoms with Gasteiger partial charge in [0.25, 0.3) is 5.91 Å². The molecular formula is C18H21N3OS2. The van der Waals surface area contributed by atoms with Gasteiger partial charge >= 0.3 is 0 Å². The minimum Gasteiger partial charge on any atom is -0.298 e. The van der Waals surface area contributed by atoms with Gasteiger partial charge in [0.05, 0.1) is 5.03 Å². The summed E-state index contributed by atoms with van der Waals surface area (Å²) in [6.45, 7) is 2.10. The molecule has 0 radical (unpaired) electrons. The average molecular weight is 360 g/mol. The maximum atomic E-state index is 12.8. The number of allylic oxidation sites excluding steroid dienone is 1. The fourth-order valence-electron chi connectivity index (χ4n) is 2.89. The summed E-state index contributed by atoms with van der Waals surface area (Å²) >= 11 is 3.13. The Morgan fingerprint density at radius 1 is 1.38 bits per heavy atom. The monoisotopic (exact) mass is 359 g/mol. The van der Waals surface area contributed by atoms with Crippen molar-refractivity contribution in [3.8, 4) is 0 Å². The molecule has 0 aromatic carbocycles. The Morgan fingerprint density at radius 3 is 2.83 bits per heavy atom. The van der Waals surface area contributed by atoms with Crippen LogP contribution in [0.5, 0.6) is 0 Å². The van der Waals surface area contributed by atoms with Crippen LogP contribution < -0.4 is 5.32 Å². The number of amides is 1. The van der Waals surface area contributed by atoms with Crippen LogP contribution in [0.1, 0.15) is 38.2 Å². The summed E-state index contributed by atoms with van der Waals surface area (Å²) in [7, 11) is 0. The summed E-state index contributed by atoms with van der Waals surface area (Å²) in [5, 5.41) is 6.37. The Morgan fingerprint density at radius 2 is 2.21 bits per heavy atom. The normalized spacial score (nSPS) is 15.6. The highest BCUT2D eigenvalue weighted by Crippen LogP contribution is 2.30. The van der Waals surface area contributed by atoms with Gasteiger partial charge in [-0.2, -0.15) is 0 Å². The van der Waals surface area contributed by atoms with Crippen LogP contribution in [0.4, 0.5) is 5.13 Å². The third kappa shape index (κ3) is 4.45. The predicted octanol–water partition coefficient (Wildman–Crippen LogP) is 4.86. The molecule has 0 atom stereocenters. The van der Waals surface area contributed by atoms with Gasteiger partial charge in [0.15, 0.2) is 5.13 Å². The Balaban J connectivity index is 1.84. The summed E-state index contributed by atoms with van der Waals surface area (Å²) in [6, 6.07) is 3.98. The summed E-state index contributed by atoms with van der Waals surface area (Å²) < 4.78 is 0. The molecule has 2 aromatic heterocycles. The van der Waals surface area contributed by atoms with E-state index in [2.05, 4.69) is 28.3 Å². The van der Waals surface area contributed by atoms with E-state index in [0.717, 1.165) is 29.2 Å². The number of pyridine rings is 1. The third-order valence-electron chi connectivity index (χ3n) is 4.04. The molecule has 4 nitrogen and oxygen atoms in total. The van der Waals surface area contributed by atoms with Gasteiger partial charge in [-0.15, -0.1) is 23.1 Å². The van der Waals surface area contributed by atoms with Gasteiger partial charge in [-0.3, -0.25) is 10.1 Å². The van der Waals surface area contributed by atoms with Crippen LogP contribution in [0.2, 0.25) is 0 Å². The number of carbonyl (C=O) groups excluding carboxylic acids is 1. The van der Waals surface area contributed by atoms with Gasteiger partial charge in [0.2, 0.25) is 0 Å².